The van der Waals surface area contributed by atoms with Crippen molar-refractivity contribution in [3.05, 3.63) is 23.9 Å². The van der Waals surface area contributed by atoms with E-state index in [4.69, 9.17) is 0 Å². The van der Waals surface area contributed by atoms with Crippen molar-refractivity contribution in [1.82, 2.24) is 10.2 Å². The second kappa shape index (κ2) is 5.01. The van der Waals surface area contributed by atoms with Crippen LogP contribution in [0, 0.1) is 6.92 Å². The lowest BCUT2D eigenvalue weighted by atomic mass is 9.99. The van der Waals surface area contributed by atoms with Gasteiger partial charge in [-0.2, -0.15) is 5.10 Å². The number of H-pyrrole nitrogens is 1. The lowest BCUT2D eigenvalue weighted by molar-refractivity contribution is -0.133. The fourth-order valence-electron chi connectivity index (χ4n) is 2.09. The maximum atomic E-state index is 12.0. The molecule has 0 aliphatic rings. The molecule has 0 fully saturated rings. The predicted molar refractivity (Wildman–Crippen MR) is 75.0 cm³/mol. The summed E-state index contributed by atoms with van der Waals surface area (Å²) >= 11 is 0. The lowest BCUT2D eigenvalue weighted by Crippen LogP contribution is -2.39. The maximum absolute atomic E-state index is 12.0. The van der Waals surface area contributed by atoms with Crippen LogP contribution in [-0.2, 0) is 4.79 Å². The largest absolute Gasteiger partial charge is 0.380 e. The molecule has 0 saturated carbocycles. The van der Waals surface area contributed by atoms with Crippen molar-refractivity contribution < 1.29 is 9.90 Å². The summed E-state index contributed by atoms with van der Waals surface area (Å²) in [6.07, 6.45) is 1.18. The van der Waals surface area contributed by atoms with Gasteiger partial charge in [0, 0.05) is 16.8 Å². The number of aliphatic hydroxyl groups is 1. The number of rotatable bonds is 4. The predicted octanol–water partition coefficient (Wildman–Crippen LogP) is 2.36. The number of benzene rings is 1. The second-order valence-electron chi connectivity index (χ2n) is 5.06. The summed E-state index contributed by atoms with van der Waals surface area (Å²) in [4.78, 5) is 12.0. The highest BCUT2D eigenvalue weighted by Gasteiger charge is 2.29. The van der Waals surface area contributed by atoms with Gasteiger partial charge in [0.25, 0.3) is 5.91 Å². The van der Waals surface area contributed by atoms with E-state index in [0.29, 0.717) is 12.1 Å². The number of aromatic amines is 1. The van der Waals surface area contributed by atoms with Crippen LogP contribution in [0.3, 0.4) is 0 Å². The van der Waals surface area contributed by atoms with Crippen LogP contribution in [0.2, 0.25) is 0 Å². The molecule has 0 aliphatic heterocycles. The molecule has 5 nitrogen and oxygen atoms in total. The number of nitrogens with one attached hydrogen (secondary N) is 2. The molecule has 1 amide bonds. The van der Waals surface area contributed by atoms with E-state index in [-0.39, 0.29) is 5.91 Å². The Bertz CT molecular complexity index is 602. The third kappa shape index (κ3) is 2.76. The van der Waals surface area contributed by atoms with Gasteiger partial charge in [-0.25, -0.2) is 0 Å². The van der Waals surface area contributed by atoms with Crippen molar-refractivity contribution in [2.75, 3.05) is 5.32 Å². The van der Waals surface area contributed by atoms with Gasteiger partial charge in [0.2, 0.25) is 0 Å². The minimum Gasteiger partial charge on any atom is -0.380 e. The Hall–Kier alpha value is -1.88. The summed E-state index contributed by atoms with van der Waals surface area (Å²) < 4.78 is 0. The molecular weight excluding hydrogens is 242 g/mol. The number of nitrogens with zero attached hydrogens (tertiary/aromatic N) is 1. The summed E-state index contributed by atoms with van der Waals surface area (Å²) in [6.45, 7) is 5.41. The summed E-state index contributed by atoms with van der Waals surface area (Å²) in [7, 11) is 0. The summed E-state index contributed by atoms with van der Waals surface area (Å²) in [5, 5.41) is 20.8. The van der Waals surface area contributed by atoms with Crippen LogP contribution in [0.15, 0.2) is 18.2 Å². The number of anilines is 1. The minimum atomic E-state index is -1.34. The van der Waals surface area contributed by atoms with Crippen molar-refractivity contribution in [1.29, 1.82) is 0 Å². The number of aromatic nitrogens is 2. The molecule has 1 aromatic carbocycles. The molecule has 1 aromatic heterocycles. The molecule has 3 N–H and O–H groups in total. The first kappa shape index (κ1) is 13.5. The Kier molecular flexibility index (Phi) is 3.57. The SMILES string of the molecule is CCCC(C)(O)C(=O)Nc1ccc2c(C)[nH]nc2c1. The number of fused-ring (bicyclic) bond motifs is 1. The van der Waals surface area contributed by atoms with Crippen molar-refractivity contribution in [2.45, 2.75) is 39.2 Å². The molecule has 1 heterocycles. The van der Waals surface area contributed by atoms with Crippen LogP contribution in [0.1, 0.15) is 32.4 Å². The zero-order chi connectivity index (χ0) is 14.0. The molecule has 102 valence electrons. The topological polar surface area (TPSA) is 78.0 Å². The monoisotopic (exact) mass is 261 g/mol. The van der Waals surface area contributed by atoms with Crippen LogP contribution in [0.25, 0.3) is 10.9 Å². The minimum absolute atomic E-state index is 0.388. The molecule has 1 atom stereocenters. The van der Waals surface area contributed by atoms with E-state index >= 15 is 0 Å². The zero-order valence-electron chi connectivity index (χ0n) is 11.4. The van der Waals surface area contributed by atoms with E-state index in [9.17, 15) is 9.90 Å². The average molecular weight is 261 g/mol. The maximum Gasteiger partial charge on any atom is 0.256 e. The van der Waals surface area contributed by atoms with Crippen molar-refractivity contribution in [3.63, 3.8) is 0 Å². The standard InChI is InChI=1S/C14H19N3O2/c1-4-7-14(3,19)13(18)15-10-5-6-11-9(2)16-17-12(11)8-10/h5-6,8,19H,4,7H2,1-3H3,(H,15,18)(H,16,17). The molecule has 0 saturated heterocycles. The molecule has 1 unspecified atom stereocenters. The van der Waals surface area contributed by atoms with E-state index in [1.54, 1.807) is 6.07 Å². The smallest absolute Gasteiger partial charge is 0.256 e. The third-order valence-corrected chi connectivity index (χ3v) is 3.23. The Morgan fingerprint density at radius 2 is 2.26 bits per heavy atom. The molecular formula is C14H19N3O2. The first-order valence-corrected chi connectivity index (χ1v) is 6.42. The fourth-order valence-corrected chi connectivity index (χ4v) is 2.09. The van der Waals surface area contributed by atoms with Gasteiger partial charge in [-0.05, 0) is 38.5 Å². The Labute approximate surface area is 112 Å². The highest BCUT2D eigenvalue weighted by Crippen LogP contribution is 2.21. The first-order valence-electron chi connectivity index (χ1n) is 6.42. The Morgan fingerprint density at radius 3 is 2.95 bits per heavy atom. The number of hydrogen-bond donors (Lipinski definition) is 3. The highest BCUT2D eigenvalue weighted by atomic mass is 16.3. The second-order valence-corrected chi connectivity index (χ2v) is 5.06. The van der Waals surface area contributed by atoms with Crippen LogP contribution >= 0.6 is 0 Å². The molecule has 0 radical (unpaired) electrons. The van der Waals surface area contributed by atoms with Crippen molar-refractivity contribution in [3.8, 4) is 0 Å². The van der Waals surface area contributed by atoms with Crippen LogP contribution < -0.4 is 5.32 Å². The number of hydrogen-bond acceptors (Lipinski definition) is 3. The van der Waals surface area contributed by atoms with Gasteiger partial charge < -0.3 is 10.4 Å². The van der Waals surface area contributed by atoms with E-state index in [0.717, 1.165) is 23.0 Å². The number of carbonyl (C=O) groups is 1. The normalized spacial score (nSPS) is 14.3. The van der Waals surface area contributed by atoms with Gasteiger partial charge in [-0.15, -0.1) is 0 Å². The van der Waals surface area contributed by atoms with Crippen LogP contribution in [-0.4, -0.2) is 26.8 Å². The summed E-state index contributed by atoms with van der Waals surface area (Å²) in [6, 6.07) is 5.50. The van der Waals surface area contributed by atoms with Gasteiger partial charge >= 0.3 is 0 Å². The summed E-state index contributed by atoms with van der Waals surface area (Å²) in [5.74, 6) is -0.388. The lowest BCUT2D eigenvalue weighted by Gasteiger charge is -2.21. The highest BCUT2D eigenvalue weighted by molar-refractivity contribution is 5.98. The zero-order valence-corrected chi connectivity index (χ0v) is 11.4. The van der Waals surface area contributed by atoms with E-state index in [1.807, 2.05) is 26.0 Å². The van der Waals surface area contributed by atoms with E-state index in [1.165, 1.54) is 6.92 Å². The Morgan fingerprint density at radius 1 is 1.53 bits per heavy atom. The summed E-state index contributed by atoms with van der Waals surface area (Å²) in [5.41, 5.74) is 1.09. The number of amides is 1. The van der Waals surface area contributed by atoms with Gasteiger partial charge in [0.05, 0.1) is 5.52 Å². The van der Waals surface area contributed by atoms with E-state index < -0.39 is 5.60 Å². The quantitative estimate of drug-likeness (QED) is 0.790. The third-order valence-electron chi connectivity index (χ3n) is 3.23. The Balaban J connectivity index is 2.19. The molecule has 0 spiro atoms. The van der Waals surface area contributed by atoms with Gasteiger partial charge in [0.1, 0.15) is 5.60 Å². The first-order chi connectivity index (χ1) is 8.94. The molecule has 19 heavy (non-hydrogen) atoms. The van der Waals surface area contributed by atoms with Gasteiger partial charge in [-0.1, -0.05) is 13.3 Å². The average Bonchev–Trinajstić information content (AvgIpc) is 2.70. The van der Waals surface area contributed by atoms with E-state index in [2.05, 4.69) is 15.5 Å². The van der Waals surface area contributed by atoms with Crippen LogP contribution in [0.4, 0.5) is 5.69 Å². The van der Waals surface area contributed by atoms with Gasteiger partial charge in [-0.3, -0.25) is 9.89 Å². The van der Waals surface area contributed by atoms with Crippen molar-refractivity contribution in [2.24, 2.45) is 0 Å². The molecule has 2 rings (SSSR count). The van der Waals surface area contributed by atoms with Crippen molar-refractivity contribution >= 4 is 22.5 Å². The number of carbonyl (C=O) groups excluding carboxylic acids is 1. The molecule has 5 heteroatoms. The fraction of sp³-hybridized carbons (Fsp3) is 0.429. The molecule has 0 aliphatic carbocycles. The van der Waals surface area contributed by atoms with Gasteiger partial charge in [0.15, 0.2) is 0 Å². The van der Waals surface area contributed by atoms with Crippen LogP contribution in [0.5, 0.6) is 0 Å². The molecule has 2 aromatic rings. The molecule has 0 bridgehead atoms. The number of aryl methyl sites for hydroxylation is 1.